The molecule has 5 heteroatoms. The maximum Gasteiger partial charge on any atom is 0.340 e. The SMILES string of the molecule is CC(C)(CCCCl)[C@@H]1CC(=O)CO[C@H]1OC(=O)c1ccccc1. The molecule has 0 unspecified atom stereocenters. The van der Waals surface area contributed by atoms with E-state index in [1.54, 1.807) is 24.3 Å². The van der Waals surface area contributed by atoms with E-state index in [-0.39, 0.29) is 23.7 Å². The zero-order valence-electron chi connectivity index (χ0n) is 13.6. The third-order valence-corrected chi connectivity index (χ3v) is 4.64. The average Bonchev–Trinajstić information content (AvgIpc) is 2.55. The van der Waals surface area contributed by atoms with Crippen molar-refractivity contribution in [2.75, 3.05) is 12.5 Å². The summed E-state index contributed by atoms with van der Waals surface area (Å²) in [5.41, 5.74) is 0.275. The summed E-state index contributed by atoms with van der Waals surface area (Å²) in [5, 5.41) is 0. The first kappa shape index (κ1) is 18.0. The van der Waals surface area contributed by atoms with E-state index >= 15 is 0 Å². The van der Waals surface area contributed by atoms with Gasteiger partial charge in [0, 0.05) is 18.2 Å². The van der Waals surface area contributed by atoms with Gasteiger partial charge >= 0.3 is 5.97 Å². The van der Waals surface area contributed by atoms with Crippen molar-refractivity contribution in [3.63, 3.8) is 0 Å². The Morgan fingerprint density at radius 2 is 2.04 bits per heavy atom. The molecule has 23 heavy (non-hydrogen) atoms. The van der Waals surface area contributed by atoms with Crippen molar-refractivity contribution in [1.29, 1.82) is 0 Å². The first-order chi connectivity index (χ1) is 10.9. The summed E-state index contributed by atoms with van der Waals surface area (Å²) in [5.74, 6) is 0.0167. The van der Waals surface area contributed by atoms with Crippen LogP contribution < -0.4 is 0 Å². The van der Waals surface area contributed by atoms with Crippen molar-refractivity contribution in [1.82, 2.24) is 0 Å². The van der Waals surface area contributed by atoms with Crippen LogP contribution in [0.25, 0.3) is 0 Å². The zero-order chi connectivity index (χ0) is 16.9. The average molecular weight is 339 g/mol. The lowest BCUT2D eigenvalue weighted by atomic mass is 9.72. The number of alkyl halides is 1. The molecule has 2 atom stereocenters. The Kier molecular flexibility index (Phi) is 6.19. The summed E-state index contributed by atoms with van der Waals surface area (Å²) in [4.78, 5) is 24.1. The van der Waals surface area contributed by atoms with Gasteiger partial charge in [0.25, 0.3) is 0 Å². The molecular weight excluding hydrogens is 316 g/mol. The van der Waals surface area contributed by atoms with Crippen molar-refractivity contribution < 1.29 is 19.1 Å². The van der Waals surface area contributed by atoms with Gasteiger partial charge in [0.1, 0.15) is 6.61 Å². The minimum Gasteiger partial charge on any atom is -0.432 e. The van der Waals surface area contributed by atoms with Crippen LogP contribution in [0, 0.1) is 11.3 Å². The first-order valence-electron chi connectivity index (χ1n) is 7.89. The van der Waals surface area contributed by atoms with Gasteiger partial charge in [-0.25, -0.2) is 4.79 Å². The molecule has 1 heterocycles. The van der Waals surface area contributed by atoms with E-state index in [1.807, 2.05) is 6.07 Å². The van der Waals surface area contributed by atoms with Gasteiger partial charge in [-0.2, -0.15) is 0 Å². The van der Waals surface area contributed by atoms with E-state index in [1.165, 1.54) is 0 Å². The van der Waals surface area contributed by atoms with E-state index < -0.39 is 12.3 Å². The Morgan fingerprint density at radius 1 is 1.35 bits per heavy atom. The van der Waals surface area contributed by atoms with E-state index in [0.717, 1.165) is 12.8 Å². The number of rotatable bonds is 6. The fraction of sp³-hybridized carbons (Fsp3) is 0.556. The molecule has 0 radical (unpaired) electrons. The van der Waals surface area contributed by atoms with Gasteiger partial charge in [0.15, 0.2) is 5.78 Å². The molecule has 0 bridgehead atoms. The highest BCUT2D eigenvalue weighted by atomic mass is 35.5. The largest absolute Gasteiger partial charge is 0.432 e. The molecule has 1 saturated heterocycles. The van der Waals surface area contributed by atoms with E-state index in [4.69, 9.17) is 21.1 Å². The molecule has 0 N–H and O–H groups in total. The van der Waals surface area contributed by atoms with Crippen LogP contribution in [0.15, 0.2) is 30.3 Å². The molecule has 1 aliphatic heterocycles. The lowest BCUT2D eigenvalue weighted by molar-refractivity contribution is -0.190. The van der Waals surface area contributed by atoms with Gasteiger partial charge in [-0.15, -0.1) is 11.6 Å². The number of ketones is 1. The number of carbonyl (C=O) groups excluding carboxylic acids is 2. The second-order valence-electron chi connectivity index (χ2n) is 6.58. The molecular formula is C18H23ClO4. The van der Waals surface area contributed by atoms with Crippen LogP contribution in [0.4, 0.5) is 0 Å². The predicted molar refractivity (Wildman–Crippen MR) is 88.4 cm³/mol. The second kappa shape index (κ2) is 7.93. The standard InChI is InChI=1S/C18H23ClO4/c1-18(2,9-6-10-19)15-11-14(20)12-22-17(15)23-16(21)13-7-4-3-5-8-13/h3-5,7-8,15,17H,6,9-12H2,1-2H3/t15-,17+/m1/s1. The Morgan fingerprint density at radius 3 is 2.70 bits per heavy atom. The summed E-state index contributed by atoms with van der Waals surface area (Å²) in [6, 6.07) is 8.80. The molecule has 1 fully saturated rings. The molecule has 2 rings (SSSR count). The number of hydrogen-bond donors (Lipinski definition) is 0. The summed E-state index contributed by atoms with van der Waals surface area (Å²) in [7, 11) is 0. The molecule has 0 amide bonds. The summed E-state index contributed by atoms with van der Waals surface area (Å²) in [6.45, 7) is 4.12. The maximum absolute atomic E-state index is 12.3. The van der Waals surface area contributed by atoms with E-state index in [0.29, 0.717) is 17.9 Å². The van der Waals surface area contributed by atoms with Crippen molar-refractivity contribution in [2.45, 2.75) is 39.4 Å². The number of benzene rings is 1. The lowest BCUT2D eigenvalue weighted by Gasteiger charge is -2.40. The van der Waals surface area contributed by atoms with Crippen LogP contribution in [0.5, 0.6) is 0 Å². The van der Waals surface area contributed by atoms with Crippen molar-refractivity contribution >= 4 is 23.4 Å². The molecule has 0 saturated carbocycles. The molecule has 1 aromatic rings. The first-order valence-corrected chi connectivity index (χ1v) is 8.43. The van der Waals surface area contributed by atoms with Gasteiger partial charge in [-0.1, -0.05) is 32.0 Å². The van der Waals surface area contributed by atoms with Crippen LogP contribution in [-0.4, -0.2) is 30.5 Å². The number of Topliss-reactive ketones (excluding diaryl/α,β-unsaturated/α-hetero) is 1. The lowest BCUT2D eigenvalue weighted by Crippen LogP contribution is -2.45. The Balaban J connectivity index is 2.11. The zero-order valence-corrected chi connectivity index (χ0v) is 14.3. The molecule has 0 aromatic heterocycles. The molecule has 4 nitrogen and oxygen atoms in total. The molecule has 0 spiro atoms. The van der Waals surface area contributed by atoms with Gasteiger partial charge in [-0.3, -0.25) is 4.79 Å². The van der Waals surface area contributed by atoms with Crippen molar-refractivity contribution in [3.05, 3.63) is 35.9 Å². The highest BCUT2D eigenvalue weighted by Gasteiger charge is 2.42. The van der Waals surface area contributed by atoms with Crippen LogP contribution in [-0.2, 0) is 14.3 Å². The monoisotopic (exact) mass is 338 g/mol. The van der Waals surface area contributed by atoms with Gasteiger partial charge in [0.2, 0.25) is 6.29 Å². The summed E-state index contributed by atoms with van der Waals surface area (Å²) >= 11 is 5.79. The fourth-order valence-electron chi connectivity index (χ4n) is 2.91. The topological polar surface area (TPSA) is 52.6 Å². The minimum atomic E-state index is -0.703. The van der Waals surface area contributed by atoms with Crippen molar-refractivity contribution in [3.8, 4) is 0 Å². The number of hydrogen-bond acceptors (Lipinski definition) is 4. The van der Waals surface area contributed by atoms with Gasteiger partial charge in [-0.05, 0) is 30.4 Å². The number of esters is 1. The quantitative estimate of drug-likeness (QED) is 0.584. The molecule has 1 aliphatic rings. The van der Waals surface area contributed by atoms with E-state index in [2.05, 4.69) is 13.8 Å². The summed E-state index contributed by atoms with van der Waals surface area (Å²) < 4.78 is 11.1. The Labute approximate surface area is 142 Å². The molecule has 0 aliphatic carbocycles. The van der Waals surface area contributed by atoms with Gasteiger partial charge < -0.3 is 9.47 Å². The number of ether oxygens (including phenoxy) is 2. The second-order valence-corrected chi connectivity index (χ2v) is 6.96. The third kappa shape index (κ3) is 4.79. The van der Waals surface area contributed by atoms with Crippen LogP contribution in [0.3, 0.4) is 0 Å². The highest BCUT2D eigenvalue weighted by Crippen LogP contribution is 2.40. The number of carbonyl (C=O) groups is 2. The minimum absolute atomic E-state index is 0.00514. The smallest absolute Gasteiger partial charge is 0.340 e. The van der Waals surface area contributed by atoms with E-state index in [9.17, 15) is 9.59 Å². The van der Waals surface area contributed by atoms with Crippen LogP contribution in [0.2, 0.25) is 0 Å². The highest BCUT2D eigenvalue weighted by molar-refractivity contribution is 6.17. The van der Waals surface area contributed by atoms with Gasteiger partial charge in [0.05, 0.1) is 5.56 Å². The maximum atomic E-state index is 12.3. The summed E-state index contributed by atoms with van der Waals surface area (Å²) in [6.07, 6.45) is 1.35. The Hall–Kier alpha value is -1.39. The van der Waals surface area contributed by atoms with Crippen LogP contribution >= 0.6 is 11.6 Å². The fourth-order valence-corrected chi connectivity index (χ4v) is 3.04. The molecule has 126 valence electrons. The molecule has 1 aromatic carbocycles. The predicted octanol–water partition coefficient (Wildman–Crippen LogP) is 3.82. The Bertz CT molecular complexity index is 541. The van der Waals surface area contributed by atoms with Crippen LogP contribution in [0.1, 0.15) is 43.5 Å². The normalized spacial score (nSPS) is 22.0. The third-order valence-electron chi connectivity index (χ3n) is 4.38. The van der Waals surface area contributed by atoms with Crippen molar-refractivity contribution in [2.24, 2.45) is 11.3 Å². The number of halogens is 1.